The number of benzene rings is 1. The van der Waals surface area contributed by atoms with E-state index in [4.69, 9.17) is 0 Å². The third kappa shape index (κ3) is 5.95. The summed E-state index contributed by atoms with van der Waals surface area (Å²) in [6.45, 7) is 2.26. The highest BCUT2D eigenvalue weighted by Gasteiger charge is 2.10. The van der Waals surface area contributed by atoms with Crippen molar-refractivity contribution in [3.05, 3.63) is 35.4 Å². The van der Waals surface area contributed by atoms with Crippen LogP contribution in [0.3, 0.4) is 0 Å². The molecule has 0 aliphatic heterocycles. The lowest BCUT2D eigenvalue weighted by Gasteiger charge is -2.18. The number of carbonyl (C=O) groups is 2. The van der Waals surface area contributed by atoms with E-state index in [1.807, 2.05) is 18.2 Å². The second-order valence-electron chi connectivity index (χ2n) is 5.23. The molecule has 0 spiro atoms. The van der Waals surface area contributed by atoms with Gasteiger partial charge >= 0.3 is 0 Å². The molecule has 5 nitrogen and oxygen atoms in total. The first-order valence-corrected chi connectivity index (χ1v) is 7.17. The molecule has 1 unspecified atom stereocenters. The topological polar surface area (TPSA) is 69.6 Å². The lowest BCUT2D eigenvalue weighted by molar-refractivity contribution is -0.130. The number of carbonyl (C=O) groups excluding carboxylic acids is 2. The summed E-state index contributed by atoms with van der Waals surface area (Å²) < 4.78 is 0. The molecule has 1 aromatic carbocycles. The van der Waals surface area contributed by atoms with Gasteiger partial charge in [0.05, 0.1) is 6.10 Å². The van der Waals surface area contributed by atoms with Crippen molar-refractivity contribution in [3.8, 4) is 0 Å². The molecule has 0 aromatic heterocycles. The van der Waals surface area contributed by atoms with E-state index in [1.165, 1.54) is 0 Å². The number of aliphatic hydroxyl groups excluding tert-OH is 1. The molecule has 2 amide bonds. The number of hydrogen-bond donors (Lipinski definition) is 2. The van der Waals surface area contributed by atoms with Crippen molar-refractivity contribution in [3.63, 3.8) is 0 Å². The Balaban J connectivity index is 2.51. The summed E-state index contributed by atoms with van der Waals surface area (Å²) in [5.74, 6) is -0.0850. The average Bonchev–Trinajstić information content (AvgIpc) is 2.49. The zero-order chi connectivity index (χ0) is 15.8. The molecule has 116 valence electrons. The Bertz CT molecular complexity index is 486. The van der Waals surface area contributed by atoms with Gasteiger partial charge in [0.25, 0.3) is 5.91 Å². The van der Waals surface area contributed by atoms with Gasteiger partial charge in [-0.05, 0) is 37.5 Å². The highest BCUT2D eigenvalue weighted by Crippen LogP contribution is 2.09. The van der Waals surface area contributed by atoms with Crippen LogP contribution in [0.15, 0.2) is 24.3 Å². The second-order valence-corrected chi connectivity index (χ2v) is 5.23. The van der Waals surface area contributed by atoms with Crippen molar-refractivity contribution in [2.45, 2.75) is 32.3 Å². The maximum Gasteiger partial charge on any atom is 0.251 e. The van der Waals surface area contributed by atoms with E-state index in [9.17, 15) is 14.7 Å². The minimum atomic E-state index is -0.399. The molecule has 0 saturated carbocycles. The first kappa shape index (κ1) is 17.2. The van der Waals surface area contributed by atoms with E-state index < -0.39 is 6.10 Å². The second kappa shape index (κ2) is 8.42. The van der Waals surface area contributed by atoms with E-state index >= 15 is 0 Å². The lowest BCUT2D eigenvalue weighted by atomic mass is 10.1. The van der Waals surface area contributed by atoms with Crippen LogP contribution in [-0.4, -0.2) is 48.6 Å². The largest absolute Gasteiger partial charge is 0.393 e. The van der Waals surface area contributed by atoms with Gasteiger partial charge in [0.2, 0.25) is 5.91 Å². The number of nitrogens with zero attached hydrogens (tertiary/aromatic N) is 1. The molecule has 0 heterocycles. The van der Waals surface area contributed by atoms with Gasteiger partial charge in [-0.1, -0.05) is 12.1 Å². The van der Waals surface area contributed by atoms with Crippen LogP contribution < -0.4 is 5.32 Å². The molecule has 0 bridgehead atoms. The molecule has 0 aliphatic rings. The lowest BCUT2D eigenvalue weighted by Crippen LogP contribution is -2.29. The molecule has 5 heteroatoms. The number of rotatable bonds is 7. The molecule has 0 saturated heterocycles. The van der Waals surface area contributed by atoms with Crippen LogP contribution in [0.5, 0.6) is 0 Å². The number of hydrogen-bond acceptors (Lipinski definition) is 3. The zero-order valence-corrected chi connectivity index (χ0v) is 12.9. The summed E-state index contributed by atoms with van der Waals surface area (Å²) in [5, 5.41) is 11.8. The molecule has 0 fully saturated rings. The molecule has 1 atom stereocenters. The van der Waals surface area contributed by atoms with Gasteiger partial charge in [-0.3, -0.25) is 9.59 Å². The van der Waals surface area contributed by atoms with Crippen molar-refractivity contribution < 1.29 is 14.7 Å². The highest BCUT2D eigenvalue weighted by molar-refractivity contribution is 5.94. The molecular formula is C16H24N2O3. The molecule has 1 aromatic rings. The Kier molecular flexibility index (Phi) is 6.88. The monoisotopic (exact) mass is 292 g/mol. The number of amides is 2. The van der Waals surface area contributed by atoms with Gasteiger partial charge in [0, 0.05) is 32.6 Å². The number of nitrogens with one attached hydrogen (secondary N) is 1. The Hall–Kier alpha value is -1.88. The van der Waals surface area contributed by atoms with Gasteiger partial charge < -0.3 is 15.3 Å². The maximum atomic E-state index is 12.0. The van der Waals surface area contributed by atoms with Gasteiger partial charge in [0.1, 0.15) is 0 Å². The van der Waals surface area contributed by atoms with Crippen LogP contribution in [0.1, 0.15) is 35.7 Å². The van der Waals surface area contributed by atoms with Crippen molar-refractivity contribution in [2.75, 3.05) is 20.6 Å². The summed E-state index contributed by atoms with van der Waals surface area (Å²) in [4.78, 5) is 25.2. The smallest absolute Gasteiger partial charge is 0.251 e. The van der Waals surface area contributed by atoms with Crippen LogP contribution in [0.2, 0.25) is 0 Å². The molecular weight excluding hydrogens is 268 g/mol. The van der Waals surface area contributed by atoms with E-state index in [1.54, 1.807) is 32.0 Å². The summed E-state index contributed by atoms with van der Waals surface area (Å²) in [5.41, 5.74) is 1.57. The third-order valence-corrected chi connectivity index (χ3v) is 3.35. The molecule has 2 N–H and O–H groups in total. The number of aliphatic hydroxyl groups is 1. The van der Waals surface area contributed by atoms with Gasteiger partial charge in [0.15, 0.2) is 0 Å². The standard InChI is InChI=1S/C16H24N2O3/c1-12(19)9-10-18(3)15(20)8-7-13-5-4-6-14(11-13)16(21)17-2/h4-6,11-12,19H,7-10H2,1-3H3,(H,17,21). The molecule has 0 radical (unpaired) electrons. The van der Waals surface area contributed by atoms with Gasteiger partial charge in [-0.15, -0.1) is 0 Å². The fourth-order valence-electron chi connectivity index (χ4n) is 1.96. The summed E-state index contributed by atoms with van der Waals surface area (Å²) in [7, 11) is 3.33. The fraction of sp³-hybridized carbons (Fsp3) is 0.500. The predicted molar refractivity (Wildman–Crippen MR) is 82.1 cm³/mol. The summed E-state index contributed by atoms with van der Waals surface area (Å²) in [6.07, 6.45) is 1.18. The van der Waals surface area contributed by atoms with E-state index in [0.29, 0.717) is 31.4 Å². The van der Waals surface area contributed by atoms with Crippen LogP contribution in [0.4, 0.5) is 0 Å². The van der Waals surface area contributed by atoms with Crippen LogP contribution >= 0.6 is 0 Å². The van der Waals surface area contributed by atoms with Crippen LogP contribution in [-0.2, 0) is 11.2 Å². The normalized spacial score (nSPS) is 11.8. The SMILES string of the molecule is CNC(=O)c1cccc(CCC(=O)N(C)CCC(C)O)c1. The minimum Gasteiger partial charge on any atom is -0.393 e. The Morgan fingerprint density at radius 3 is 2.71 bits per heavy atom. The van der Waals surface area contributed by atoms with Gasteiger partial charge in [-0.25, -0.2) is 0 Å². The summed E-state index contributed by atoms with van der Waals surface area (Å²) >= 11 is 0. The van der Waals surface area contributed by atoms with Crippen LogP contribution in [0, 0.1) is 0 Å². The zero-order valence-electron chi connectivity index (χ0n) is 12.9. The van der Waals surface area contributed by atoms with Crippen LogP contribution in [0.25, 0.3) is 0 Å². The van der Waals surface area contributed by atoms with Gasteiger partial charge in [-0.2, -0.15) is 0 Å². The first-order valence-electron chi connectivity index (χ1n) is 7.17. The quantitative estimate of drug-likeness (QED) is 0.793. The predicted octanol–water partition coefficient (Wildman–Crippen LogP) is 1.21. The van der Waals surface area contributed by atoms with Crippen molar-refractivity contribution in [1.82, 2.24) is 10.2 Å². The molecule has 21 heavy (non-hydrogen) atoms. The average molecular weight is 292 g/mol. The van der Waals surface area contributed by atoms with Crippen molar-refractivity contribution in [2.24, 2.45) is 0 Å². The van der Waals surface area contributed by atoms with E-state index in [0.717, 1.165) is 5.56 Å². The molecule has 1 rings (SSSR count). The highest BCUT2D eigenvalue weighted by atomic mass is 16.3. The Labute approximate surface area is 126 Å². The molecule has 0 aliphatic carbocycles. The van der Waals surface area contributed by atoms with Crippen molar-refractivity contribution in [1.29, 1.82) is 0 Å². The first-order chi connectivity index (χ1) is 9.93. The van der Waals surface area contributed by atoms with E-state index in [2.05, 4.69) is 5.32 Å². The van der Waals surface area contributed by atoms with E-state index in [-0.39, 0.29) is 11.8 Å². The maximum absolute atomic E-state index is 12.0. The third-order valence-electron chi connectivity index (χ3n) is 3.35. The van der Waals surface area contributed by atoms with Crippen molar-refractivity contribution >= 4 is 11.8 Å². The Morgan fingerprint density at radius 1 is 1.38 bits per heavy atom. The number of aryl methyl sites for hydroxylation is 1. The summed E-state index contributed by atoms with van der Waals surface area (Å²) in [6, 6.07) is 7.29. The minimum absolute atomic E-state index is 0.0426. The fourth-order valence-corrected chi connectivity index (χ4v) is 1.96. The Morgan fingerprint density at radius 2 is 2.10 bits per heavy atom.